The van der Waals surface area contributed by atoms with E-state index in [1.807, 2.05) is 0 Å². The third kappa shape index (κ3) is 1.89. The highest BCUT2D eigenvalue weighted by molar-refractivity contribution is 6.28. The Morgan fingerprint density at radius 1 is 1.50 bits per heavy atom. The Morgan fingerprint density at radius 2 is 2.28 bits per heavy atom. The van der Waals surface area contributed by atoms with Crippen molar-refractivity contribution in [1.82, 2.24) is 14.9 Å². The largest absolute Gasteiger partial charge is 0.316 e. The van der Waals surface area contributed by atoms with Crippen molar-refractivity contribution in [1.29, 1.82) is 0 Å². The van der Waals surface area contributed by atoms with Crippen molar-refractivity contribution in [2.24, 2.45) is 5.92 Å². The topological polar surface area (TPSA) is 46.9 Å². The summed E-state index contributed by atoms with van der Waals surface area (Å²) in [6.45, 7) is 2.30. The van der Waals surface area contributed by atoms with Crippen molar-refractivity contribution in [3.8, 4) is 0 Å². The molecule has 1 aliphatic heterocycles. The van der Waals surface area contributed by atoms with Gasteiger partial charge in [-0.05, 0) is 23.7 Å². The molecule has 6 heteroatoms. The number of fused-ring (bicyclic) bond motifs is 1. The van der Waals surface area contributed by atoms with Crippen LogP contribution in [-0.2, 0) is 6.54 Å². The van der Waals surface area contributed by atoms with E-state index in [2.05, 4.69) is 10.3 Å². The summed E-state index contributed by atoms with van der Waals surface area (Å²) in [6.07, 6.45) is 0. The molecule has 18 heavy (non-hydrogen) atoms. The lowest BCUT2D eigenvalue weighted by atomic mass is 10.0. The smallest absolute Gasteiger partial charge is 0.262 e. The summed E-state index contributed by atoms with van der Waals surface area (Å²) in [7, 11) is 0. The van der Waals surface area contributed by atoms with Gasteiger partial charge in [0, 0.05) is 31.6 Å². The molecule has 0 unspecified atom stereocenters. The van der Waals surface area contributed by atoms with E-state index >= 15 is 0 Å². The zero-order chi connectivity index (χ0) is 12.7. The minimum absolute atomic E-state index is 0.116. The summed E-state index contributed by atoms with van der Waals surface area (Å²) in [4.78, 5) is 16.3. The zero-order valence-corrected chi connectivity index (χ0v) is 10.2. The Kier molecular flexibility index (Phi) is 2.80. The number of hydrogen-bond acceptors (Lipinski definition) is 3. The first kappa shape index (κ1) is 11.6. The summed E-state index contributed by atoms with van der Waals surface area (Å²) in [5.41, 5.74) is 0.0879. The van der Waals surface area contributed by atoms with Crippen LogP contribution in [0.1, 0.15) is 0 Å². The summed E-state index contributed by atoms with van der Waals surface area (Å²) in [6, 6.07) is 3.93. The molecule has 1 N–H and O–H groups in total. The molecule has 1 aliphatic rings. The fourth-order valence-electron chi connectivity index (χ4n) is 2.06. The van der Waals surface area contributed by atoms with Crippen LogP contribution in [0.15, 0.2) is 23.0 Å². The first-order chi connectivity index (χ1) is 8.65. The maximum absolute atomic E-state index is 13.1. The van der Waals surface area contributed by atoms with Crippen LogP contribution in [0.5, 0.6) is 0 Å². The number of rotatable bonds is 2. The van der Waals surface area contributed by atoms with Crippen LogP contribution in [0.4, 0.5) is 4.39 Å². The molecule has 1 aromatic heterocycles. The summed E-state index contributed by atoms with van der Waals surface area (Å²) in [5, 5.41) is 3.65. The average molecular weight is 268 g/mol. The van der Waals surface area contributed by atoms with Crippen molar-refractivity contribution in [3.05, 3.63) is 39.7 Å². The second kappa shape index (κ2) is 4.33. The molecule has 0 spiro atoms. The number of halogens is 2. The maximum Gasteiger partial charge on any atom is 0.262 e. The molecule has 0 aliphatic carbocycles. The molecular weight excluding hydrogens is 257 g/mol. The van der Waals surface area contributed by atoms with Crippen LogP contribution in [0, 0.1) is 11.7 Å². The molecule has 4 nitrogen and oxygen atoms in total. The first-order valence-electron chi connectivity index (χ1n) is 5.71. The van der Waals surface area contributed by atoms with Crippen molar-refractivity contribution in [2.75, 3.05) is 13.1 Å². The third-order valence-electron chi connectivity index (χ3n) is 3.18. The molecule has 2 aromatic rings. The van der Waals surface area contributed by atoms with Crippen molar-refractivity contribution in [2.45, 2.75) is 6.54 Å². The molecule has 0 amide bonds. The lowest BCUT2D eigenvalue weighted by molar-refractivity contribution is 0.303. The number of hydrogen-bond donors (Lipinski definition) is 1. The minimum atomic E-state index is -0.425. The van der Waals surface area contributed by atoms with Gasteiger partial charge in [0.2, 0.25) is 5.28 Å². The van der Waals surface area contributed by atoms with Crippen molar-refractivity contribution < 1.29 is 4.39 Å². The fraction of sp³-hybridized carbons (Fsp3) is 0.333. The zero-order valence-electron chi connectivity index (χ0n) is 9.49. The summed E-state index contributed by atoms with van der Waals surface area (Å²) < 4.78 is 14.5. The number of nitrogens with zero attached hydrogens (tertiary/aromatic N) is 2. The van der Waals surface area contributed by atoms with Gasteiger partial charge in [0.15, 0.2) is 0 Å². The van der Waals surface area contributed by atoms with E-state index in [0.717, 1.165) is 13.1 Å². The molecule has 1 fully saturated rings. The van der Waals surface area contributed by atoms with E-state index in [-0.39, 0.29) is 10.8 Å². The van der Waals surface area contributed by atoms with Crippen LogP contribution < -0.4 is 10.9 Å². The molecule has 94 valence electrons. The molecule has 3 rings (SSSR count). The van der Waals surface area contributed by atoms with Crippen LogP contribution in [0.3, 0.4) is 0 Å². The Bertz CT molecular complexity index is 666. The molecule has 1 aromatic carbocycles. The molecule has 1 saturated heterocycles. The van der Waals surface area contributed by atoms with Gasteiger partial charge in [-0.15, -0.1) is 0 Å². The SMILES string of the molecule is O=c1c2ccc(F)cc2nc(Cl)n1CC1CNC1. The number of nitrogens with one attached hydrogen (secondary N) is 1. The van der Waals surface area contributed by atoms with E-state index < -0.39 is 5.82 Å². The molecular formula is C12H11ClFN3O. The lowest BCUT2D eigenvalue weighted by Crippen LogP contribution is -2.45. The van der Waals surface area contributed by atoms with Crippen LogP contribution in [0.2, 0.25) is 5.28 Å². The predicted molar refractivity (Wildman–Crippen MR) is 67.3 cm³/mol. The molecule has 2 heterocycles. The standard InChI is InChI=1S/C12H11ClFN3O/c13-12-16-10-3-8(14)1-2-9(10)11(18)17(12)6-7-4-15-5-7/h1-3,7,15H,4-6H2. The van der Waals surface area contributed by atoms with Gasteiger partial charge in [0.25, 0.3) is 5.56 Å². The van der Waals surface area contributed by atoms with Gasteiger partial charge in [-0.25, -0.2) is 9.37 Å². The quantitative estimate of drug-likeness (QED) is 0.837. The van der Waals surface area contributed by atoms with Gasteiger partial charge >= 0.3 is 0 Å². The number of benzene rings is 1. The fourth-order valence-corrected chi connectivity index (χ4v) is 2.30. The Morgan fingerprint density at radius 3 is 2.94 bits per heavy atom. The van der Waals surface area contributed by atoms with Gasteiger partial charge in [-0.1, -0.05) is 0 Å². The predicted octanol–water partition coefficient (Wildman–Crippen LogP) is 1.41. The average Bonchev–Trinajstić information content (AvgIpc) is 2.25. The van der Waals surface area contributed by atoms with E-state index in [1.165, 1.54) is 22.8 Å². The summed E-state index contributed by atoms with van der Waals surface area (Å²) >= 11 is 5.99. The second-order valence-corrected chi connectivity index (χ2v) is 4.82. The minimum Gasteiger partial charge on any atom is -0.316 e. The van der Waals surface area contributed by atoms with Crippen LogP contribution in [0.25, 0.3) is 10.9 Å². The van der Waals surface area contributed by atoms with Gasteiger partial charge < -0.3 is 5.32 Å². The van der Waals surface area contributed by atoms with E-state index in [0.29, 0.717) is 23.4 Å². The third-order valence-corrected chi connectivity index (χ3v) is 3.47. The van der Waals surface area contributed by atoms with Gasteiger partial charge in [-0.3, -0.25) is 9.36 Å². The van der Waals surface area contributed by atoms with E-state index in [1.54, 1.807) is 0 Å². The Labute approximate surface area is 107 Å². The highest BCUT2D eigenvalue weighted by Crippen LogP contribution is 2.15. The highest BCUT2D eigenvalue weighted by atomic mass is 35.5. The second-order valence-electron chi connectivity index (χ2n) is 4.48. The highest BCUT2D eigenvalue weighted by Gasteiger charge is 2.20. The molecule has 0 bridgehead atoms. The summed E-state index contributed by atoms with van der Waals surface area (Å²) in [5.74, 6) is -0.0219. The van der Waals surface area contributed by atoms with E-state index in [4.69, 9.17) is 11.6 Å². The Hall–Kier alpha value is -1.46. The molecule has 0 radical (unpaired) electrons. The maximum atomic E-state index is 13.1. The first-order valence-corrected chi connectivity index (χ1v) is 6.09. The molecule has 0 atom stereocenters. The normalized spacial score (nSPS) is 15.9. The number of aromatic nitrogens is 2. The van der Waals surface area contributed by atoms with Crippen LogP contribution >= 0.6 is 11.6 Å². The van der Waals surface area contributed by atoms with Crippen LogP contribution in [-0.4, -0.2) is 22.6 Å². The Balaban J connectivity index is 2.14. The van der Waals surface area contributed by atoms with Gasteiger partial charge in [0.05, 0.1) is 10.9 Å². The van der Waals surface area contributed by atoms with Gasteiger partial charge in [0.1, 0.15) is 5.82 Å². The lowest BCUT2D eigenvalue weighted by Gasteiger charge is -2.27. The molecule has 0 saturated carbocycles. The monoisotopic (exact) mass is 267 g/mol. The van der Waals surface area contributed by atoms with Crippen molar-refractivity contribution in [3.63, 3.8) is 0 Å². The van der Waals surface area contributed by atoms with E-state index in [9.17, 15) is 9.18 Å². The van der Waals surface area contributed by atoms with Crippen molar-refractivity contribution >= 4 is 22.5 Å². The van der Waals surface area contributed by atoms with Gasteiger partial charge in [-0.2, -0.15) is 0 Å².